The summed E-state index contributed by atoms with van der Waals surface area (Å²) in [5, 5.41) is 0. The van der Waals surface area contributed by atoms with Crippen LogP contribution in [0.25, 0.3) is 0 Å². The van der Waals surface area contributed by atoms with Gasteiger partial charge in [0.2, 0.25) is 0 Å². The van der Waals surface area contributed by atoms with E-state index >= 15 is 0 Å². The second kappa shape index (κ2) is 14.4. The zero-order valence-corrected chi connectivity index (χ0v) is 9.90. The van der Waals surface area contributed by atoms with Gasteiger partial charge in [0.25, 0.3) is 8.05 Å². The van der Waals surface area contributed by atoms with Crippen LogP contribution in [0, 0.1) is 0 Å². The first-order chi connectivity index (χ1) is 7.91. The first kappa shape index (κ1) is 15.4. The first-order valence-corrected chi connectivity index (χ1v) is 5.65. The van der Waals surface area contributed by atoms with E-state index in [0.29, 0.717) is 33.0 Å². The van der Waals surface area contributed by atoms with Crippen LogP contribution in [0.2, 0.25) is 0 Å². The minimum Gasteiger partial charge on any atom is -0.445 e. The van der Waals surface area contributed by atoms with Crippen molar-refractivity contribution >= 4 is 8.05 Å². The molecule has 4 heteroatoms. The smallest absolute Gasteiger partial charge is 0.282 e. The molecule has 2 radical (unpaired) electrons. The lowest BCUT2D eigenvalue weighted by Gasteiger charge is -2.03. The largest absolute Gasteiger partial charge is 0.445 e. The summed E-state index contributed by atoms with van der Waals surface area (Å²) >= 11 is 0. The van der Waals surface area contributed by atoms with E-state index in [2.05, 4.69) is 17.3 Å². The molecule has 0 rings (SSSR count). The van der Waals surface area contributed by atoms with E-state index < -0.39 is 0 Å². The molecule has 0 aromatic carbocycles. The second-order valence-corrected chi connectivity index (χ2v) is 3.25. The lowest BCUT2D eigenvalue weighted by atomic mass is 10.2. The molecule has 0 bridgehead atoms. The fraction of sp³-hybridized carbons (Fsp3) is 0.667. The normalized spacial score (nSPS) is 11.0. The maximum Gasteiger partial charge on any atom is 0.282 e. The van der Waals surface area contributed by atoms with Gasteiger partial charge in [0.05, 0.1) is 33.0 Å². The quantitative estimate of drug-likeness (QED) is 0.288. The molecule has 0 fully saturated rings. The minimum absolute atomic E-state index is 0.420. The summed E-state index contributed by atoms with van der Waals surface area (Å²) in [6.07, 6.45) is 9.41. The molecule has 0 N–H and O–H groups in total. The summed E-state index contributed by atoms with van der Waals surface area (Å²) in [6.45, 7) is 6.42. The standard InChI is InChI=1S/C12H21BO3/c1-2-3-4-5-6-7-8-14-9-10-15-11-12-16-13/h2,6-7H,1,3-5,8-12H2. The highest BCUT2D eigenvalue weighted by Crippen LogP contribution is 1.96. The third kappa shape index (κ3) is 13.4. The van der Waals surface area contributed by atoms with E-state index in [4.69, 9.17) is 17.5 Å². The lowest BCUT2D eigenvalue weighted by molar-refractivity contribution is 0.0460. The van der Waals surface area contributed by atoms with Gasteiger partial charge in [0.1, 0.15) is 0 Å². The molecule has 90 valence electrons. The van der Waals surface area contributed by atoms with Crippen molar-refractivity contribution in [2.24, 2.45) is 0 Å². The zero-order valence-electron chi connectivity index (χ0n) is 9.90. The van der Waals surface area contributed by atoms with Crippen molar-refractivity contribution in [3.05, 3.63) is 24.8 Å². The highest BCUT2D eigenvalue weighted by atomic mass is 16.5. The SMILES string of the molecule is [B]OCCOCCOCC=CCCCC=C. The van der Waals surface area contributed by atoms with Gasteiger partial charge in [-0.05, 0) is 19.3 Å². The number of unbranched alkanes of at least 4 members (excludes halogenated alkanes) is 2. The van der Waals surface area contributed by atoms with Crippen molar-refractivity contribution in [3.63, 3.8) is 0 Å². The van der Waals surface area contributed by atoms with Crippen LogP contribution in [0.15, 0.2) is 24.8 Å². The summed E-state index contributed by atoms with van der Waals surface area (Å²) < 4.78 is 14.8. The summed E-state index contributed by atoms with van der Waals surface area (Å²) in [5.41, 5.74) is 0. The van der Waals surface area contributed by atoms with Gasteiger partial charge < -0.3 is 14.1 Å². The molecule has 0 saturated heterocycles. The van der Waals surface area contributed by atoms with E-state index in [-0.39, 0.29) is 0 Å². The highest BCUT2D eigenvalue weighted by molar-refractivity contribution is 5.97. The van der Waals surface area contributed by atoms with Gasteiger partial charge in [-0.1, -0.05) is 18.2 Å². The zero-order chi connectivity index (χ0) is 11.9. The van der Waals surface area contributed by atoms with Gasteiger partial charge in [-0.25, -0.2) is 0 Å². The number of hydrogen-bond acceptors (Lipinski definition) is 3. The van der Waals surface area contributed by atoms with Crippen molar-refractivity contribution in [1.29, 1.82) is 0 Å². The first-order valence-electron chi connectivity index (χ1n) is 5.65. The topological polar surface area (TPSA) is 27.7 Å². The molecule has 0 heterocycles. The molecule has 0 unspecified atom stereocenters. The van der Waals surface area contributed by atoms with Gasteiger partial charge in [0.15, 0.2) is 0 Å². The predicted molar refractivity (Wildman–Crippen MR) is 66.5 cm³/mol. The molecule has 0 atom stereocenters. The van der Waals surface area contributed by atoms with Crippen LogP contribution in [0.4, 0.5) is 0 Å². The fourth-order valence-corrected chi connectivity index (χ4v) is 1.04. The predicted octanol–water partition coefficient (Wildman–Crippen LogP) is 2.03. The monoisotopic (exact) mass is 224 g/mol. The Hall–Kier alpha value is -0.575. The van der Waals surface area contributed by atoms with Gasteiger partial charge in [0, 0.05) is 0 Å². The molecule has 0 saturated carbocycles. The van der Waals surface area contributed by atoms with Crippen molar-refractivity contribution < 1.29 is 14.1 Å². The molecule has 0 aromatic heterocycles. The molecular formula is C12H21BO3. The van der Waals surface area contributed by atoms with E-state index in [1.807, 2.05) is 12.2 Å². The van der Waals surface area contributed by atoms with Crippen LogP contribution in [0.1, 0.15) is 19.3 Å². The van der Waals surface area contributed by atoms with Gasteiger partial charge in [-0.3, -0.25) is 0 Å². The van der Waals surface area contributed by atoms with Gasteiger partial charge >= 0.3 is 0 Å². The third-order valence-corrected chi connectivity index (χ3v) is 1.88. The summed E-state index contributed by atoms with van der Waals surface area (Å²) in [6, 6.07) is 0. The Morgan fingerprint density at radius 1 is 0.938 bits per heavy atom. The molecule has 3 nitrogen and oxygen atoms in total. The van der Waals surface area contributed by atoms with Crippen molar-refractivity contribution in [2.75, 3.05) is 33.0 Å². The van der Waals surface area contributed by atoms with Crippen LogP contribution >= 0.6 is 0 Å². The number of ether oxygens (including phenoxy) is 2. The summed E-state index contributed by atoms with van der Waals surface area (Å²) in [4.78, 5) is 0. The Labute approximate surface area is 99.9 Å². The molecular weight excluding hydrogens is 203 g/mol. The molecule has 0 amide bonds. The lowest BCUT2D eigenvalue weighted by Crippen LogP contribution is -2.08. The van der Waals surface area contributed by atoms with E-state index in [9.17, 15) is 0 Å². The van der Waals surface area contributed by atoms with Crippen molar-refractivity contribution in [1.82, 2.24) is 0 Å². The maximum absolute atomic E-state index is 5.32. The average Bonchev–Trinajstić information content (AvgIpc) is 2.31. The van der Waals surface area contributed by atoms with Crippen LogP contribution in [-0.2, 0) is 14.1 Å². The Balaban J connectivity index is 2.99. The van der Waals surface area contributed by atoms with Crippen LogP contribution < -0.4 is 0 Å². The van der Waals surface area contributed by atoms with Crippen molar-refractivity contribution in [3.8, 4) is 0 Å². The Morgan fingerprint density at radius 2 is 1.69 bits per heavy atom. The van der Waals surface area contributed by atoms with Gasteiger partial charge in [-0.15, -0.1) is 6.58 Å². The number of allylic oxidation sites excluding steroid dienone is 2. The van der Waals surface area contributed by atoms with E-state index in [0.717, 1.165) is 19.3 Å². The van der Waals surface area contributed by atoms with Crippen molar-refractivity contribution in [2.45, 2.75) is 19.3 Å². The molecule has 0 aromatic rings. The number of hydrogen-bond donors (Lipinski definition) is 0. The number of rotatable bonds is 12. The van der Waals surface area contributed by atoms with Crippen LogP contribution in [0.3, 0.4) is 0 Å². The third-order valence-electron chi connectivity index (χ3n) is 1.88. The fourth-order valence-electron chi connectivity index (χ4n) is 1.04. The molecule has 0 aliphatic heterocycles. The van der Waals surface area contributed by atoms with Crippen LogP contribution in [0.5, 0.6) is 0 Å². The Kier molecular flexibility index (Phi) is 13.9. The van der Waals surface area contributed by atoms with E-state index in [1.165, 1.54) is 0 Å². The average molecular weight is 224 g/mol. The highest BCUT2D eigenvalue weighted by Gasteiger charge is 1.87. The molecule has 0 aliphatic carbocycles. The molecule has 16 heavy (non-hydrogen) atoms. The summed E-state index contributed by atoms with van der Waals surface area (Å²) in [7, 11) is 4.83. The maximum atomic E-state index is 5.32. The Morgan fingerprint density at radius 3 is 2.44 bits per heavy atom. The molecule has 0 aliphatic rings. The van der Waals surface area contributed by atoms with E-state index in [1.54, 1.807) is 0 Å². The van der Waals surface area contributed by atoms with Crippen LogP contribution in [-0.4, -0.2) is 41.1 Å². The van der Waals surface area contributed by atoms with Gasteiger partial charge in [-0.2, -0.15) is 0 Å². The summed E-state index contributed by atoms with van der Waals surface area (Å²) in [5.74, 6) is 0. The minimum atomic E-state index is 0.420. The second-order valence-electron chi connectivity index (χ2n) is 3.25. The Bertz CT molecular complexity index is 172. The molecule has 0 spiro atoms.